The number of unbranched alkanes of at least 4 members (excludes halogenated alkanes) is 1. The Labute approximate surface area is 228 Å². The van der Waals surface area contributed by atoms with E-state index >= 15 is 0 Å². The number of benzene rings is 1. The highest BCUT2D eigenvalue weighted by Gasteiger charge is 2.51. The topological polar surface area (TPSA) is 132 Å². The van der Waals surface area contributed by atoms with Crippen molar-refractivity contribution in [1.29, 1.82) is 5.26 Å². The molecule has 1 aliphatic rings. The van der Waals surface area contributed by atoms with Gasteiger partial charge in [-0.2, -0.15) is 10.2 Å². The van der Waals surface area contributed by atoms with Crippen LogP contribution in [0.25, 0.3) is 0 Å². The maximum absolute atomic E-state index is 14.2. The summed E-state index contributed by atoms with van der Waals surface area (Å²) >= 11 is 0. The van der Waals surface area contributed by atoms with E-state index in [-0.39, 0.29) is 13.0 Å². The van der Waals surface area contributed by atoms with Gasteiger partial charge in [-0.3, -0.25) is 9.69 Å². The predicted molar refractivity (Wildman–Crippen MR) is 146 cm³/mol. The van der Waals surface area contributed by atoms with Crippen molar-refractivity contribution < 1.29 is 18.7 Å². The average Bonchev–Trinajstić information content (AvgIpc) is 3.21. The van der Waals surface area contributed by atoms with Gasteiger partial charge in [0.15, 0.2) is 0 Å². The summed E-state index contributed by atoms with van der Waals surface area (Å²) in [4.78, 5) is 35.4. The van der Waals surface area contributed by atoms with E-state index < -0.39 is 29.3 Å². The molecule has 0 unspecified atom stereocenters. The molecule has 1 fully saturated rings. The molecular weight excluding hydrogens is 501 g/mol. The minimum absolute atomic E-state index is 0.0826. The van der Waals surface area contributed by atoms with Crippen molar-refractivity contribution in [3.8, 4) is 17.9 Å². The number of nitrogens with zero attached hydrogens (tertiary/aromatic N) is 4. The number of nitriles is 1. The Morgan fingerprint density at radius 3 is 2.64 bits per heavy atom. The molecule has 2 heterocycles. The van der Waals surface area contributed by atoms with E-state index in [1.165, 1.54) is 4.90 Å². The number of nitrogens with one attached hydrogen (secondary N) is 3. The molecule has 3 N–H and O–H groups in total. The fourth-order valence-electron chi connectivity index (χ4n) is 4.02. The van der Waals surface area contributed by atoms with Crippen molar-refractivity contribution in [2.75, 3.05) is 30.8 Å². The first kappa shape index (κ1) is 29.2. The summed E-state index contributed by atoms with van der Waals surface area (Å²) in [5.74, 6) is 6.61. The number of hydrogen-bond acceptors (Lipinski definition) is 8. The minimum atomic E-state index is -1.32. The van der Waals surface area contributed by atoms with Gasteiger partial charge in [-0.05, 0) is 58.4 Å². The smallest absolute Gasteiger partial charge is 0.411 e. The van der Waals surface area contributed by atoms with Crippen molar-refractivity contribution in [2.24, 2.45) is 0 Å². The van der Waals surface area contributed by atoms with Crippen LogP contribution in [0.1, 0.15) is 58.1 Å². The van der Waals surface area contributed by atoms with Crippen LogP contribution in [0, 0.1) is 23.2 Å². The van der Waals surface area contributed by atoms with Crippen LogP contribution < -0.4 is 16.0 Å². The SMILES string of the molecule is CNc1nc(Nc2ccc(C#N)cc2)ncc1C#CCCCNC(=O)[C@]1(C)C[C@H](F)CN1C(=O)OC(C)(C)C. The fraction of sp³-hybridized carbons (Fsp3) is 0.464. The number of carbonyl (C=O) groups excluding carboxylic acids is 2. The molecule has 0 aliphatic carbocycles. The maximum Gasteiger partial charge on any atom is 0.411 e. The van der Waals surface area contributed by atoms with Crippen molar-refractivity contribution in [1.82, 2.24) is 20.2 Å². The van der Waals surface area contributed by atoms with E-state index in [4.69, 9.17) is 10.00 Å². The Kier molecular flexibility index (Phi) is 9.31. The Bertz CT molecular complexity index is 1290. The summed E-state index contributed by atoms with van der Waals surface area (Å²) in [6, 6.07) is 9.01. The molecule has 206 valence electrons. The molecule has 0 spiro atoms. The van der Waals surface area contributed by atoms with Crippen LogP contribution in [0.15, 0.2) is 30.5 Å². The number of ether oxygens (including phenoxy) is 1. The van der Waals surface area contributed by atoms with Gasteiger partial charge in [-0.25, -0.2) is 14.2 Å². The van der Waals surface area contributed by atoms with Crippen molar-refractivity contribution in [2.45, 2.75) is 64.3 Å². The number of likely N-dealkylation sites (tertiary alicyclic amines) is 1. The summed E-state index contributed by atoms with van der Waals surface area (Å²) in [6.07, 6.45) is 0.585. The van der Waals surface area contributed by atoms with Gasteiger partial charge in [0.25, 0.3) is 0 Å². The van der Waals surface area contributed by atoms with E-state index in [2.05, 4.69) is 43.8 Å². The van der Waals surface area contributed by atoms with Gasteiger partial charge in [-0.1, -0.05) is 11.8 Å². The third-order valence-corrected chi connectivity index (χ3v) is 5.98. The van der Waals surface area contributed by atoms with Gasteiger partial charge in [0, 0.05) is 32.1 Å². The molecule has 0 saturated carbocycles. The average molecular weight is 536 g/mol. The third-order valence-electron chi connectivity index (χ3n) is 5.98. The molecule has 0 radical (unpaired) electrons. The Balaban J connectivity index is 1.52. The largest absolute Gasteiger partial charge is 0.444 e. The number of aromatic nitrogens is 2. The summed E-state index contributed by atoms with van der Waals surface area (Å²) in [5.41, 5.74) is -0.139. The zero-order valence-electron chi connectivity index (χ0n) is 22.9. The molecule has 1 aromatic heterocycles. The molecule has 2 amide bonds. The first-order valence-electron chi connectivity index (χ1n) is 12.7. The normalized spacial score (nSPS) is 18.4. The first-order valence-corrected chi connectivity index (χ1v) is 12.7. The van der Waals surface area contributed by atoms with Gasteiger partial charge in [0.05, 0.1) is 29.9 Å². The van der Waals surface area contributed by atoms with Gasteiger partial charge in [0.1, 0.15) is 23.1 Å². The summed E-state index contributed by atoms with van der Waals surface area (Å²) in [7, 11) is 1.74. The second kappa shape index (κ2) is 12.4. The van der Waals surface area contributed by atoms with Crippen LogP contribution in [0.5, 0.6) is 0 Å². The number of alkyl halides is 1. The van der Waals surface area contributed by atoms with E-state index in [0.717, 1.165) is 5.69 Å². The van der Waals surface area contributed by atoms with E-state index in [1.54, 1.807) is 65.2 Å². The lowest BCUT2D eigenvalue weighted by Gasteiger charge is -2.34. The maximum atomic E-state index is 14.2. The Morgan fingerprint density at radius 2 is 2.00 bits per heavy atom. The number of rotatable bonds is 7. The molecule has 0 bridgehead atoms. The Hall–Kier alpha value is -4.38. The minimum Gasteiger partial charge on any atom is -0.444 e. The van der Waals surface area contributed by atoms with Crippen LogP contribution in [0.3, 0.4) is 0 Å². The summed E-state index contributed by atoms with van der Waals surface area (Å²) < 4.78 is 19.6. The summed E-state index contributed by atoms with van der Waals surface area (Å²) in [5, 5.41) is 17.8. The molecule has 11 heteroatoms. The van der Waals surface area contributed by atoms with Gasteiger partial charge in [0.2, 0.25) is 11.9 Å². The van der Waals surface area contributed by atoms with E-state index in [0.29, 0.717) is 42.3 Å². The van der Waals surface area contributed by atoms with Crippen LogP contribution in [-0.4, -0.2) is 64.3 Å². The van der Waals surface area contributed by atoms with Crippen LogP contribution in [-0.2, 0) is 9.53 Å². The molecule has 10 nitrogen and oxygen atoms in total. The molecule has 1 aromatic carbocycles. The van der Waals surface area contributed by atoms with E-state index in [9.17, 15) is 14.0 Å². The number of carbonyl (C=O) groups is 2. The predicted octanol–water partition coefficient (Wildman–Crippen LogP) is 4.12. The van der Waals surface area contributed by atoms with Crippen LogP contribution in [0.2, 0.25) is 0 Å². The standard InChI is InChI=1S/C28H34FN7O3/c1-27(2,3)39-26(38)36-18-21(29)15-28(36,4)24(37)32-14-8-6-7-9-20-17-33-25(35-23(20)31-5)34-22-12-10-19(16-30)11-13-22/h10-13,17,21H,6,8,14-15,18H2,1-5H3,(H,32,37)(H2,31,33,34,35)/t21-,28-/m0/s1. The second-order valence-electron chi connectivity index (χ2n) is 10.3. The number of amides is 2. The number of hydrogen-bond donors (Lipinski definition) is 3. The zero-order chi connectivity index (χ0) is 28.6. The molecule has 39 heavy (non-hydrogen) atoms. The zero-order valence-corrected chi connectivity index (χ0v) is 22.9. The quantitative estimate of drug-likeness (QED) is 0.356. The highest BCUT2D eigenvalue weighted by molar-refractivity contribution is 5.90. The number of anilines is 3. The first-order chi connectivity index (χ1) is 18.4. The van der Waals surface area contributed by atoms with Gasteiger partial charge >= 0.3 is 6.09 Å². The van der Waals surface area contributed by atoms with Gasteiger partial charge < -0.3 is 20.7 Å². The summed E-state index contributed by atoms with van der Waals surface area (Å²) in [6.45, 7) is 6.87. The van der Waals surface area contributed by atoms with Crippen LogP contribution >= 0.6 is 0 Å². The highest BCUT2D eigenvalue weighted by atomic mass is 19.1. The van der Waals surface area contributed by atoms with Gasteiger partial charge in [-0.15, -0.1) is 0 Å². The highest BCUT2D eigenvalue weighted by Crippen LogP contribution is 2.32. The molecular formula is C28H34FN7O3. The molecule has 2 aromatic rings. The second-order valence-corrected chi connectivity index (χ2v) is 10.3. The lowest BCUT2D eigenvalue weighted by molar-refractivity contribution is -0.130. The van der Waals surface area contributed by atoms with Crippen molar-refractivity contribution >= 4 is 29.5 Å². The monoisotopic (exact) mass is 535 g/mol. The third kappa shape index (κ3) is 7.81. The van der Waals surface area contributed by atoms with Crippen molar-refractivity contribution in [3.63, 3.8) is 0 Å². The van der Waals surface area contributed by atoms with E-state index in [1.807, 2.05) is 0 Å². The molecule has 2 atom stereocenters. The van der Waals surface area contributed by atoms with Crippen molar-refractivity contribution in [3.05, 3.63) is 41.6 Å². The molecule has 3 rings (SSSR count). The van der Waals surface area contributed by atoms with Crippen LogP contribution in [0.4, 0.5) is 26.6 Å². The Morgan fingerprint density at radius 1 is 1.28 bits per heavy atom. The fourth-order valence-corrected chi connectivity index (χ4v) is 4.02. The molecule has 1 saturated heterocycles. The molecule has 1 aliphatic heterocycles. The lowest BCUT2D eigenvalue weighted by Crippen LogP contribution is -2.56. The number of halogens is 1. The lowest BCUT2D eigenvalue weighted by atomic mass is 9.97.